The first kappa shape index (κ1) is 14.5. The molecule has 0 aliphatic carbocycles. The molecule has 1 aromatic rings. The van der Waals surface area contributed by atoms with E-state index in [0.29, 0.717) is 5.57 Å². The maximum atomic E-state index is 11.9. The molecule has 1 N–H and O–H groups in total. The Labute approximate surface area is 110 Å². The molecule has 2 heteroatoms. The number of amides is 1. The number of carbonyl (C=O) groups excluding carboxylic acids is 1. The summed E-state index contributed by atoms with van der Waals surface area (Å²) < 4.78 is 0. The number of benzene rings is 1. The fourth-order valence-electron chi connectivity index (χ4n) is 1.87. The Kier molecular flexibility index (Phi) is 5.63. The summed E-state index contributed by atoms with van der Waals surface area (Å²) in [6, 6.07) is 6.01. The highest BCUT2D eigenvalue weighted by Crippen LogP contribution is 2.17. The normalized spacial score (nSPS) is 10.2. The summed E-state index contributed by atoms with van der Waals surface area (Å²) in [6.07, 6.45) is 4.13. The zero-order chi connectivity index (χ0) is 13.5. The number of hydrogen-bond donors (Lipinski definition) is 1. The van der Waals surface area contributed by atoms with Crippen molar-refractivity contribution in [3.63, 3.8) is 0 Å². The topological polar surface area (TPSA) is 29.1 Å². The van der Waals surface area contributed by atoms with Gasteiger partial charge >= 0.3 is 0 Å². The SMILES string of the molecule is C=C(CCCCC)C(=O)Nc1ccc(C)cc1C. The zero-order valence-electron chi connectivity index (χ0n) is 11.7. The lowest BCUT2D eigenvalue weighted by molar-refractivity contribution is -0.113. The molecule has 0 aliphatic heterocycles. The van der Waals surface area contributed by atoms with Crippen LogP contribution in [0, 0.1) is 13.8 Å². The molecule has 0 unspecified atom stereocenters. The van der Waals surface area contributed by atoms with Gasteiger partial charge < -0.3 is 5.32 Å². The number of aryl methyl sites for hydroxylation is 2. The lowest BCUT2D eigenvalue weighted by atomic mass is 10.1. The molecule has 0 spiro atoms. The Morgan fingerprint density at radius 2 is 2.00 bits per heavy atom. The van der Waals surface area contributed by atoms with Gasteiger partial charge in [-0.1, -0.05) is 44.0 Å². The average molecular weight is 245 g/mol. The Morgan fingerprint density at radius 1 is 1.28 bits per heavy atom. The molecule has 0 aliphatic rings. The molecule has 18 heavy (non-hydrogen) atoms. The average Bonchev–Trinajstić information content (AvgIpc) is 2.32. The predicted octanol–water partition coefficient (Wildman–Crippen LogP) is 4.38. The summed E-state index contributed by atoms with van der Waals surface area (Å²) in [5.74, 6) is -0.0574. The second kappa shape index (κ2) is 7.00. The van der Waals surface area contributed by atoms with Crippen LogP contribution in [0.5, 0.6) is 0 Å². The smallest absolute Gasteiger partial charge is 0.250 e. The lowest BCUT2D eigenvalue weighted by Crippen LogP contribution is -2.14. The third kappa shape index (κ3) is 4.36. The van der Waals surface area contributed by atoms with Crippen LogP contribution < -0.4 is 5.32 Å². The second-order valence-corrected chi connectivity index (χ2v) is 4.83. The largest absolute Gasteiger partial charge is 0.322 e. The summed E-state index contributed by atoms with van der Waals surface area (Å²) in [5.41, 5.74) is 3.84. The first-order valence-electron chi connectivity index (χ1n) is 6.61. The van der Waals surface area contributed by atoms with Crippen molar-refractivity contribution in [3.8, 4) is 0 Å². The van der Waals surface area contributed by atoms with E-state index >= 15 is 0 Å². The van der Waals surface area contributed by atoms with Crippen LogP contribution in [-0.2, 0) is 4.79 Å². The minimum atomic E-state index is -0.0574. The summed E-state index contributed by atoms with van der Waals surface area (Å²) in [6.45, 7) is 10.1. The van der Waals surface area contributed by atoms with Crippen molar-refractivity contribution < 1.29 is 4.79 Å². The third-order valence-corrected chi connectivity index (χ3v) is 3.03. The van der Waals surface area contributed by atoms with Gasteiger partial charge in [-0.15, -0.1) is 0 Å². The molecule has 98 valence electrons. The lowest BCUT2D eigenvalue weighted by Gasteiger charge is -2.10. The molecular weight excluding hydrogens is 222 g/mol. The maximum Gasteiger partial charge on any atom is 0.250 e. The van der Waals surface area contributed by atoms with Crippen molar-refractivity contribution >= 4 is 11.6 Å². The molecule has 0 saturated carbocycles. The number of rotatable bonds is 6. The Hall–Kier alpha value is -1.57. The molecule has 0 heterocycles. The predicted molar refractivity (Wildman–Crippen MR) is 77.8 cm³/mol. The number of anilines is 1. The van der Waals surface area contributed by atoms with Gasteiger partial charge in [-0.25, -0.2) is 0 Å². The molecule has 0 aromatic heterocycles. The Morgan fingerprint density at radius 3 is 2.61 bits per heavy atom. The highest BCUT2D eigenvalue weighted by Gasteiger charge is 2.08. The summed E-state index contributed by atoms with van der Waals surface area (Å²) in [7, 11) is 0. The summed E-state index contributed by atoms with van der Waals surface area (Å²) >= 11 is 0. The standard InChI is InChI=1S/C16H23NO/c1-5-6-7-8-13(3)16(18)17-15-10-9-12(2)11-14(15)4/h9-11H,3,5-8H2,1-2,4H3,(H,17,18). The second-order valence-electron chi connectivity index (χ2n) is 4.83. The van der Waals surface area contributed by atoms with Gasteiger partial charge in [-0.3, -0.25) is 4.79 Å². The molecule has 0 atom stereocenters. The highest BCUT2D eigenvalue weighted by molar-refractivity contribution is 6.03. The van der Waals surface area contributed by atoms with Crippen molar-refractivity contribution in [2.24, 2.45) is 0 Å². The van der Waals surface area contributed by atoms with Crippen molar-refractivity contribution in [2.45, 2.75) is 46.5 Å². The van der Waals surface area contributed by atoms with Gasteiger partial charge in [0.1, 0.15) is 0 Å². The van der Waals surface area contributed by atoms with E-state index in [1.165, 1.54) is 5.56 Å². The van der Waals surface area contributed by atoms with E-state index in [9.17, 15) is 4.79 Å². The van der Waals surface area contributed by atoms with Crippen LogP contribution in [0.1, 0.15) is 43.7 Å². The monoisotopic (exact) mass is 245 g/mol. The molecule has 0 radical (unpaired) electrons. The molecule has 2 nitrogen and oxygen atoms in total. The molecule has 1 amide bonds. The van der Waals surface area contributed by atoms with Gasteiger partial charge in [0.05, 0.1) is 0 Å². The van der Waals surface area contributed by atoms with Gasteiger partial charge in [-0.05, 0) is 38.3 Å². The Bertz CT molecular complexity index is 435. The molecular formula is C16H23NO. The first-order chi connectivity index (χ1) is 8.54. The van der Waals surface area contributed by atoms with Gasteiger partial charge in [0, 0.05) is 11.3 Å². The number of carbonyl (C=O) groups is 1. The third-order valence-electron chi connectivity index (χ3n) is 3.03. The first-order valence-corrected chi connectivity index (χ1v) is 6.61. The van der Waals surface area contributed by atoms with Crippen molar-refractivity contribution in [1.29, 1.82) is 0 Å². The van der Waals surface area contributed by atoms with E-state index in [0.717, 1.165) is 36.9 Å². The fourth-order valence-corrected chi connectivity index (χ4v) is 1.87. The minimum absolute atomic E-state index is 0.0574. The molecule has 1 aromatic carbocycles. The van der Waals surface area contributed by atoms with E-state index in [1.54, 1.807) is 0 Å². The van der Waals surface area contributed by atoms with E-state index in [1.807, 2.05) is 26.0 Å². The van der Waals surface area contributed by atoms with Crippen LogP contribution in [0.4, 0.5) is 5.69 Å². The van der Waals surface area contributed by atoms with Crippen LogP contribution >= 0.6 is 0 Å². The molecule has 0 saturated heterocycles. The van der Waals surface area contributed by atoms with E-state index < -0.39 is 0 Å². The highest BCUT2D eigenvalue weighted by atomic mass is 16.1. The van der Waals surface area contributed by atoms with E-state index in [2.05, 4.69) is 24.9 Å². The van der Waals surface area contributed by atoms with Gasteiger partial charge in [0.15, 0.2) is 0 Å². The van der Waals surface area contributed by atoms with Crippen molar-refractivity contribution in [2.75, 3.05) is 5.32 Å². The van der Waals surface area contributed by atoms with Crippen LogP contribution in [0.25, 0.3) is 0 Å². The number of unbranched alkanes of at least 4 members (excludes halogenated alkanes) is 2. The van der Waals surface area contributed by atoms with Gasteiger partial charge in [0.2, 0.25) is 0 Å². The molecule has 1 rings (SSSR count). The van der Waals surface area contributed by atoms with E-state index in [-0.39, 0.29) is 5.91 Å². The fraction of sp³-hybridized carbons (Fsp3) is 0.438. The Balaban J connectivity index is 2.56. The summed E-state index contributed by atoms with van der Waals surface area (Å²) in [5, 5.41) is 2.93. The molecule has 0 fully saturated rings. The quantitative estimate of drug-likeness (QED) is 0.585. The van der Waals surface area contributed by atoms with Crippen LogP contribution in [-0.4, -0.2) is 5.91 Å². The van der Waals surface area contributed by atoms with E-state index in [4.69, 9.17) is 0 Å². The van der Waals surface area contributed by atoms with Gasteiger partial charge in [0.25, 0.3) is 5.91 Å². The zero-order valence-corrected chi connectivity index (χ0v) is 11.7. The van der Waals surface area contributed by atoms with Crippen molar-refractivity contribution in [3.05, 3.63) is 41.5 Å². The van der Waals surface area contributed by atoms with Crippen LogP contribution in [0.2, 0.25) is 0 Å². The number of hydrogen-bond acceptors (Lipinski definition) is 1. The van der Waals surface area contributed by atoms with Crippen LogP contribution in [0.15, 0.2) is 30.4 Å². The molecule has 0 bridgehead atoms. The number of nitrogens with one attached hydrogen (secondary N) is 1. The maximum absolute atomic E-state index is 11.9. The minimum Gasteiger partial charge on any atom is -0.322 e. The summed E-state index contributed by atoms with van der Waals surface area (Å²) in [4.78, 5) is 11.9. The van der Waals surface area contributed by atoms with Gasteiger partial charge in [-0.2, -0.15) is 0 Å². The van der Waals surface area contributed by atoms with Crippen molar-refractivity contribution in [1.82, 2.24) is 0 Å². The van der Waals surface area contributed by atoms with Crippen LogP contribution in [0.3, 0.4) is 0 Å².